The highest BCUT2D eigenvalue weighted by atomic mass is 16.2. The maximum atomic E-state index is 12.2. The fourth-order valence-corrected chi connectivity index (χ4v) is 3.40. The summed E-state index contributed by atoms with van der Waals surface area (Å²) in [7, 11) is 1.81. The second-order valence-electron chi connectivity index (χ2n) is 6.69. The van der Waals surface area contributed by atoms with Crippen molar-refractivity contribution in [2.24, 2.45) is 0 Å². The first kappa shape index (κ1) is 16.9. The van der Waals surface area contributed by atoms with E-state index < -0.39 is 0 Å². The number of benzene rings is 1. The van der Waals surface area contributed by atoms with Crippen molar-refractivity contribution in [1.82, 2.24) is 15.1 Å². The van der Waals surface area contributed by atoms with Gasteiger partial charge in [-0.05, 0) is 49.6 Å². The summed E-state index contributed by atoms with van der Waals surface area (Å²) in [5.74, 6) is 0.00730. The lowest BCUT2D eigenvalue weighted by molar-refractivity contribution is -0.133. The molecule has 0 aromatic heterocycles. The van der Waals surface area contributed by atoms with Gasteiger partial charge in [0.05, 0.1) is 13.1 Å². The standard InChI is InChI=1S/C18H26N4O2/c1-21(13-18(24)22-9-7-19-8-10-22)12-17(23)20-16-6-5-14-3-2-4-15(14)11-16/h5-6,11,19H,2-4,7-10,12-13H2,1H3,(H,20,23). The zero-order valence-electron chi connectivity index (χ0n) is 14.3. The van der Waals surface area contributed by atoms with Crippen molar-refractivity contribution in [3.63, 3.8) is 0 Å². The third-order valence-corrected chi connectivity index (χ3v) is 4.67. The Morgan fingerprint density at radius 2 is 1.92 bits per heavy atom. The molecule has 6 heteroatoms. The number of carbonyl (C=O) groups is 2. The smallest absolute Gasteiger partial charge is 0.238 e. The molecule has 0 radical (unpaired) electrons. The van der Waals surface area contributed by atoms with Gasteiger partial charge in [0.2, 0.25) is 11.8 Å². The van der Waals surface area contributed by atoms with Crippen LogP contribution in [0.4, 0.5) is 5.69 Å². The predicted molar refractivity (Wildman–Crippen MR) is 94.0 cm³/mol. The molecule has 1 aliphatic heterocycles. The van der Waals surface area contributed by atoms with Crippen molar-refractivity contribution in [2.45, 2.75) is 19.3 Å². The maximum absolute atomic E-state index is 12.2. The number of likely N-dealkylation sites (N-methyl/N-ethyl adjacent to an activating group) is 1. The van der Waals surface area contributed by atoms with E-state index >= 15 is 0 Å². The van der Waals surface area contributed by atoms with Crippen LogP contribution in [0.25, 0.3) is 0 Å². The number of rotatable bonds is 5. The summed E-state index contributed by atoms with van der Waals surface area (Å²) in [6.07, 6.45) is 3.43. The molecule has 0 atom stereocenters. The highest BCUT2D eigenvalue weighted by Gasteiger charge is 2.19. The third-order valence-electron chi connectivity index (χ3n) is 4.67. The van der Waals surface area contributed by atoms with Crippen LogP contribution in [-0.2, 0) is 22.4 Å². The zero-order chi connectivity index (χ0) is 16.9. The van der Waals surface area contributed by atoms with Gasteiger partial charge >= 0.3 is 0 Å². The Bertz CT molecular complexity index is 611. The Kier molecular flexibility index (Phi) is 5.48. The lowest BCUT2D eigenvalue weighted by atomic mass is 10.1. The first-order valence-electron chi connectivity index (χ1n) is 8.70. The molecule has 1 aromatic rings. The molecule has 0 bridgehead atoms. The van der Waals surface area contributed by atoms with E-state index in [0.717, 1.165) is 44.7 Å². The first-order valence-corrected chi connectivity index (χ1v) is 8.70. The molecule has 6 nitrogen and oxygen atoms in total. The number of hydrogen-bond donors (Lipinski definition) is 2. The van der Waals surface area contributed by atoms with Crippen LogP contribution in [-0.4, -0.2) is 67.9 Å². The van der Waals surface area contributed by atoms with E-state index in [1.54, 1.807) is 4.90 Å². The Balaban J connectivity index is 1.46. The van der Waals surface area contributed by atoms with Crippen LogP contribution in [0.1, 0.15) is 17.5 Å². The number of nitrogens with one attached hydrogen (secondary N) is 2. The molecule has 24 heavy (non-hydrogen) atoms. The van der Waals surface area contributed by atoms with Gasteiger partial charge in [0.25, 0.3) is 0 Å². The van der Waals surface area contributed by atoms with Crippen LogP contribution in [0.3, 0.4) is 0 Å². The van der Waals surface area contributed by atoms with Crippen LogP contribution in [0.2, 0.25) is 0 Å². The van der Waals surface area contributed by atoms with Crippen molar-refractivity contribution in [3.05, 3.63) is 29.3 Å². The molecule has 1 saturated heterocycles. The van der Waals surface area contributed by atoms with Gasteiger partial charge in [-0.1, -0.05) is 6.07 Å². The van der Waals surface area contributed by atoms with E-state index in [0.29, 0.717) is 0 Å². The number of nitrogens with zero attached hydrogens (tertiary/aromatic N) is 2. The van der Waals surface area contributed by atoms with Crippen molar-refractivity contribution in [2.75, 3.05) is 51.6 Å². The fraction of sp³-hybridized carbons (Fsp3) is 0.556. The highest BCUT2D eigenvalue weighted by molar-refractivity contribution is 5.92. The third kappa shape index (κ3) is 4.33. The van der Waals surface area contributed by atoms with E-state index in [1.165, 1.54) is 17.5 Å². The van der Waals surface area contributed by atoms with E-state index in [9.17, 15) is 9.59 Å². The van der Waals surface area contributed by atoms with Crippen molar-refractivity contribution in [1.29, 1.82) is 0 Å². The molecule has 0 spiro atoms. The normalized spacial score (nSPS) is 17.0. The van der Waals surface area contributed by atoms with Gasteiger partial charge in [0.15, 0.2) is 0 Å². The van der Waals surface area contributed by atoms with Crippen LogP contribution in [0.5, 0.6) is 0 Å². The van der Waals surface area contributed by atoms with E-state index in [1.807, 2.05) is 18.0 Å². The Morgan fingerprint density at radius 1 is 1.17 bits per heavy atom. The van der Waals surface area contributed by atoms with Crippen LogP contribution in [0, 0.1) is 0 Å². The molecule has 0 unspecified atom stereocenters. The van der Waals surface area contributed by atoms with Gasteiger partial charge in [-0.15, -0.1) is 0 Å². The zero-order valence-corrected chi connectivity index (χ0v) is 14.3. The average molecular weight is 330 g/mol. The van der Waals surface area contributed by atoms with E-state index in [-0.39, 0.29) is 24.9 Å². The summed E-state index contributed by atoms with van der Waals surface area (Å²) in [5, 5.41) is 6.17. The summed E-state index contributed by atoms with van der Waals surface area (Å²) in [4.78, 5) is 28.0. The minimum Gasteiger partial charge on any atom is -0.339 e. The van der Waals surface area contributed by atoms with Crippen LogP contribution < -0.4 is 10.6 Å². The molecule has 0 saturated carbocycles. The fourth-order valence-electron chi connectivity index (χ4n) is 3.40. The highest BCUT2D eigenvalue weighted by Crippen LogP contribution is 2.24. The number of carbonyl (C=O) groups excluding carboxylic acids is 2. The van der Waals surface area contributed by atoms with Crippen molar-refractivity contribution < 1.29 is 9.59 Å². The first-order chi connectivity index (χ1) is 11.6. The largest absolute Gasteiger partial charge is 0.339 e. The van der Waals surface area contributed by atoms with Gasteiger partial charge in [-0.2, -0.15) is 0 Å². The summed E-state index contributed by atoms with van der Waals surface area (Å²) in [6, 6.07) is 6.15. The minimum absolute atomic E-state index is 0.0800. The summed E-state index contributed by atoms with van der Waals surface area (Å²) < 4.78 is 0. The number of fused-ring (bicyclic) bond motifs is 1. The second-order valence-corrected chi connectivity index (χ2v) is 6.69. The molecule has 1 aliphatic carbocycles. The van der Waals surface area contributed by atoms with Gasteiger partial charge in [0.1, 0.15) is 0 Å². The van der Waals surface area contributed by atoms with E-state index in [4.69, 9.17) is 0 Å². The molecule has 1 aromatic carbocycles. The van der Waals surface area contributed by atoms with Crippen LogP contribution >= 0.6 is 0 Å². The molecule has 130 valence electrons. The number of aryl methyl sites for hydroxylation is 2. The second kappa shape index (κ2) is 7.77. The SMILES string of the molecule is CN(CC(=O)Nc1ccc2c(c1)CCC2)CC(=O)N1CCNCC1. The lowest BCUT2D eigenvalue weighted by Crippen LogP contribution is -2.49. The number of piperazine rings is 1. The number of anilines is 1. The lowest BCUT2D eigenvalue weighted by Gasteiger charge is -2.29. The maximum Gasteiger partial charge on any atom is 0.238 e. The molecule has 2 N–H and O–H groups in total. The van der Waals surface area contributed by atoms with E-state index in [2.05, 4.69) is 22.8 Å². The average Bonchev–Trinajstić information content (AvgIpc) is 3.03. The summed E-state index contributed by atoms with van der Waals surface area (Å²) in [5.41, 5.74) is 3.59. The molecule has 2 aliphatic rings. The van der Waals surface area contributed by atoms with Gasteiger partial charge in [-0.25, -0.2) is 0 Å². The molecular weight excluding hydrogens is 304 g/mol. The molecule has 1 heterocycles. The quantitative estimate of drug-likeness (QED) is 0.824. The Labute approximate surface area is 143 Å². The van der Waals surface area contributed by atoms with Crippen molar-refractivity contribution >= 4 is 17.5 Å². The van der Waals surface area contributed by atoms with Gasteiger partial charge in [0, 0.05) is 31.9 Å². The summed E-state index contributed by atoms with van der Waals surface area (Å²) >= 11 is 0. The Morgan fingerprint density at radius 3 is 2.71 bits per heavy atom. The number of amides is 2. The van der Waals surface area contributed by atoms with Gasteiger partial charge in [-0.3, -0.25) is 14.5 Å². The monoisotopic (exact) mass is 330 g/mol. The topological polar surface area (TPSA) is 64.7 Å². The molecule has 1 fully saturated rings. The van der Waals surface area contributed by atoms with Crippen LogP contribution in [0.15, 0.2) is 18.2 Å². The van der Waals surface area contributed by atoms with Gasteiger partial charge < -0.3 is 15.5 Å². The number of hydrogen-bond acceptors (Lipinski definition) is 4. The van der Waals surface area contributed by atoms with Crippen molar-refractivity contribution in [3.8, 4) is 0 Å². The molecule has 3 rings (SSSR count). The summed E-state index contributed by atoms with van der Waals surface area (Å²) in [6.45, 7) is 3.66. The minimum atomic E-state index is -0.0800. The Hall–Kier alpha value is -1.92. The predicted octanol–water partition coefficient (Wildman–Crippen LogP) is 0.477. The molecular formula is C18H26N4O2. The molecule has 2 amide bonds.